The lowest BCUT2D eigenvalue weighted by molar-refractivity contribution is 0.0643. The van der Waals surface area contributed by atoms with Crippen molar-refractivity contribution in [3.63, 3.8) is 0 Å². The van der Waals surface area contributed by atoms with Crippen molar-refractivity contribution in [1.82, 2.24) is 14.5 Å². The number of imidazole rings is 1. The highest BCUT2D eigenvalue weighted by atomic mass is 79.9. The number of halogens is 3. The van der Waals surface area contributed by atoms with E-state index in [9.17, 15) is 8.78 Å². The van der Waals surface area contributed by atoms with Crippen LogP contribution >= 0.6 is 15.9 Å². The first kappa shape index (κ1) is 16.9. The molecular formula is C17H16BrF2N3O. The molecule has 3 aromatic rings. The van der Waals surface area contributed by atoms with Crippen LogP contribution in [0.3, 0.4) is 0 Å². The topological polar surface area (TPSA) is 34.2 Å². The maximum Gasteiger partial charge on any atom is 0.319 e. The first-order chi connectivity index (χ1) is 11.5. The van der Waals surface area contributed by atoms with Gasteiger partial charge in [-0.1, -0.05) is 28.1 Å². The van der Waals surface area contributed by atoms with Gasteiger partial charge >= 0.3 is 6.55 Å². The van der Waals surface area contributed by atoms with Gasteiger partial charge in [-0.15, -0.1) is 0 Å². The molecule has 0 aliphatic heterocycles. The Morgan fingerprint density at radius 1 is 1.17 bits per heavy atom. The second kappa shape index (κ2) is 7.27. The fourth-order valence-corrected chi connectivity index (χ4v) is 2.70. The first-order valence-corrected chi connectivity index (χ1v) is 8.15. The summed E-state index contributed by atoms with van der Waals surface area (Å²) in [7, 11) is 1.84. The molecule has 0 fully saturated rings. The summed E-state index contributed by atoms with van der Waals surface area (Å²) in [4.78, 5) is 5.87. The maximum absolute atomic E-state index is 12.8. The van der Waals surface area contributed by atoms with Crippen molar-refractivity contribution in [2.24, 2.45) is 0 Å². The molecule has 1 aromatic carbocycles. The number of alkyl halides is 2. The van der Waals surface area contributed by atoms with E-state index in [0.29, 0.717) is 18.9 Å². The molecule has 0 atom stereocenters. The molecule has 0 aliphatic rings. The minimum atomic E-state index is -2.58. The molecule has 0 amide bonds. The average Bonchev–Trinajstić information content (AvgIpc) is 3.17. The van der Waals surface area contributed by atoms with Gasteiger partial charge in [0.1, 0.15) is 17.3 Å². The van der Waals surface area contributed by atoms with E-state index in [1.54, 1.807) is 0 Å². The molecule has 0 radical (unpaired) electrons. The van der Waals surface area contributed by atoms with E-state index in [0.717, 1.165) is 26.1 Å². The van der Waals surface area contributed by atoms with Crippen LogP contribution in [0, 0.1) is 0 Å². The van der Waals surface area contributed by atoms with Gasteiger partial charge in [0.05, 0.1) is 13.1 Å². The monoisotopic (exact) mass is 395 g/mol. The molecule has 0 spiro atoms. The van der Waals surface area contributed by atoms with Gasteiger partial charge in [-0.3, -0.25) is 9.47 Å². The standard InChI is InChI=1S/C17H16BrF2N3O/c1-22(11-16-21-8-9-23(16)17(19)20)10-14-6-7-15(24-14)12-2-4-13(18)5-3-12/h2-9,17H,10-11H2,1H3. The van der Waals surface area contributed by atoms with Crippen LogP contribution in [0.15, 0.2) is 57.7 Å². The Labute approximate surface area is 146 Å². The second-order valence-corrected chi connectivity index (χ2v) is 6.39. The Kier molecular flexibility index (Phi) is 5.11. The van der Waals surface area contributed by atoms with E-state index in [1.807, 2.05) is 48.3 Å². The quantitative estimate of drug-likeness (QED) is 0.593. The summed E-state index contributed by atoms with van der Waals surface area (Å²) in [5, 5.41) is 0. The molecule has 2 heterocycles. The average molecular weight is 396 g/mol. The smallest absolute Gasteiger partial charge is 0.319 e. The Balaban J connectivity index is 1.66. The van der Waals surface area contributed by atoms with Gasteiger partial charge in [0.15, 0.2) is 0 Å². The van der Waals surface area contributed by atoms with Gasteiger partial charge < -0.3 is 4.42 Å². The van der Waals surface area contributed by atoms with Crippen LogP contribution in [-0.2, 0) is 13.1 Å². The maximum atomic E-state index is 12.8. The number of furan rings is 1. The molecule has 7 heteroatoms. The predicted molar refractivity (Wildman–Crippen MR) is 90.5 cm³/mol. The molecule has 0 saturated carbocycles. The normalized spacial score (nSPS) is 11.6. The zero-order valence-corrected chi connectivity index (χ0v) is 14.6. The van der Waals surface area contributed by atoms with Crippen LogP contribution in [0.2, 0.25) is 0 Å². The molecular weight excluding hydrogens is 380 g/mol. The van der Waals surface area contributed by atoms with Crippen LogP contribution in [-0.4, -0.2) is 21.5 Å². The van der Waals surface area contributed by atoms with Gasteiger partial charge in [0.2, 0.25) is 0 Å². The Bertz CT molecular complexity index is 798. The molecule has 0 N–H and O–H groups in total. The van der Waals surface area contributed by atoms with Gasteiger partial charge in [-0.2, -0.15) is 8.78 Å². The highest BCUT2D eigenvalue weighted by Gasteiger charge is 2.14. The number of hydrogen-bond acceptors (Lipinski definition) is 3. The molecule has 0 unspecified atom stereocenters. The Morgan fingerprint density at radius 3 is 2.62 bits per heavy atom. The zero-order chi connectivity index (χ0) is 17.1. The van der Waals surface area contributed by atoms with E-state index in [-0.39, 0.29) is 0 Å². The largest absolute Gasteiger partial charge is 0.460 e. The molecule has 0 bridgehead atoms. The van der Waals surface area contributed by atoms with Gasteiger partial charge in [-0.05, 0) is 31.3 Å². The summed E-state index contributed by atoms with van der Waals surface area (Å²) in [6, 6.07) is 11.6. The fourth-order valence-electron chi connectivity index (χ4n) is 2.44. The lowest BCUT2D eigenvalue weighted by Crippen LogP contribution is -2.20. The summed E-state index contributed by atoms with van der Waals surface area (Å²) in [5.74, 6) is 1.87. The van der Waals surface area contributed by atoms with Crippen molar-refractivity contribution in [2.75, 3.05) is 7.05 Å². The third kappa shape index (κ3) is 3.91. The van der Waals surface area contributed by atoms with E-state index < -0.39 is 6.55 Å². The summed E-state index contributed by atoms with van der Waals surface area (Å²) in [6.45, 7) is -1.76. The highest BCUT2D eigenvalue weighted by molar-refractivity contribution is 9.10. The van der Waals surface area contributed by atoms with E-state index in [2.05, 4.69) is 20.9 Å². The number of nitrogens with zero attached hydrogens (tertiary/aromatic N) is 3. The number of hydrogen-bond donors (Lipinski definition) is 0. The second-order valence-electron chi connectivity index (χ2n) is 5.47. The van der Waals surface area contributed by atoms with Crippen molar-refractivity contribution in [1.29, 1.82) is 0 Å². The van der Waals surface area contributed by atoms with Gasteiger partial charge in [-0.25, -0.2) is 4.98 Å². The molecule has 2 aromatic heterocycles. The van der Waals surface area contributed by atoms with Crippen LogP contribution in [0.4, 0.5) is 8.78 Å². The minimum absolute atomic E-state index is 0.311. The van der Waals surface area contributed by atoms with Crippen molar-refractivity contribution in [2.45, 2.75) is 19.6 Å². The van der Waals surface area contributed by atoms with Crippen LogP contribution in [0.5, 0.6) is 0 Å². The number of aromatic nitrogens is 2. The lowest BCUT2D eigenvalue weighted by atomic mass is 10.2. The van der Waals surface area contributed by atoms with Gasteiger partial charge in [0.25, 0.3) is 0 Å². The predicted octanol–water partition coefficient (Wildman–Crippen LogP) is 4.93. The van der Waals surface area contributed by atoms with Crippen molar-refractivity contribution < 1.29 is 13.2 Å². The third-order valence-corrected chi connectivity index (χ3v) is 4.12. The highest BCUT2D eigenvalue weighted by Crippen LogP contribution is 2.24. The zero-order valence-electron chi connectivity index (χ0n) is 13.0. The third-order valence-electron chi connectivity index (χ3n) is 3.59. The number of rotatable bonds is 6. The number of benzene rings is 1. The SMILES string of the molecule is CN(Cc1ccc(-c2ccc(Br)cc2)o1)Cc1nccn1C(F)F. The van der Waals surface area contributed by atoms with Crippen molar-refractivity contribution in [3.8, 4) is 11.3 Å². The van der Waals surface area contributed by atoms with E-state index >= 15 is 0 Å². The van der Waals surface area contributed by atoms with E-state index in [1.165, 1.54) is 12.4 Å². The van der Waals surface area contributed by atoms with Crippen molar-refractivity contribution in [3.05, 3.63) is 64.8 Å². The van der Waals surface area contributed by atoms with Crippen LogP contribution < -0.4 is 0 Å². The van der Waals surface area contributed by atoms with Crippen molar-refractivity contribution >= 4 is 15.9 Å². The summed E-state index contributed by atoms with van der Waals surface area (Å²) >= 11 is 3.40. The van der Waals surface area contributed by atoms with Gasteiger partial charge in [0, 0.05) is 22.4 Å². The fraction of sp³-hybridized carbons (Fsp3) is 0.235. The lowest BCUT2D eigenvalue weighted by Gasteiger charge is -2.15. The van der Waals surface area contributed by atoms with Crippen LogP contribution in [0.1, 0.15) is 18.1 Å². The summed E-state index contributed by atoms with van der Waals surface area (Å²) in [6.07, 6.45) is 2.67. The summed E-state index contributed by atoms with van der Waals surface area (Å²) < 4.78 is 33.4. The Morgan fingerprint density at radius 2 is 1.92 bits per heavy atom. The molecule has 126 valence electrons. The van der Waals surface area contributed by atoms with Crippen LogP contribution in [0.25, 0.3) is 11.3 Å². The minimum Gasteiger partial charge on any atom is -0.460 e. The molecule has 0 aliphatic carbocycles. The summed E-state index contributed by atoms with van der Waals surface area (Å²) in [5.41, 5.74) is 0.986. The molecule has 3 rings (SSSR count). The van der Waals surface area contributed by atoms with E-state index in [4.69, 9.17) is 4.42 Å². The molecule has 0 saturated heterocycles. The Hall–Kier alpha value is -1.99. The molecule has 4 nitrogen and oxygen atoms in total. The first-order valence-electron chi connectivity index (χ1n) is 7.36. The molecule has 24 heavy (non-hydrogen) atoms.